The van der Waals surface area contributed by atoms with Crippen molar-refractivity contribution in [1.82, 2.24) is 0 Å². The Hall–Kier alpha value is -0.860. The molecule has 0 aliphatic heterocycles. The Morgan fingerprint density at radius 1 is 1.38 bits per heavy atom. The quantitative estimate of drug-likeness (QED) is 0.712. The molecule has 1 aromatic rings. The zero-order valence-electron chi connectivity index (χ0n) is 7.66. The maximum Gasteiger partial charge on any atom is 0.0914 e. The fraction of sp³-hybridized carbons (Fsp3) is 0.455. The molecule has 1 aromatic carbocycles. The fourth-order valence-electron chi connectivity index (χ4n) is 2.09. The summed E-state index contributed by atoms with van der Waals surface area (Å²) in [5.74, 6) is 0. The molecule has 2 rings (SSSR count). The van der Waals surface area contributed by atoms with Crippen molar-refractivity contribution in [3.05, 3.63) is 34.9 Å². The summed E-state index contributed by atoms with van der Waals surface area (Å²) in [5, 5.41) is 9.67. The van der Waals surface area contributed by atoms with Crippen LogP contribution in [-0.4, -0.2) is 11.7 Å². The molecule has 0 radical (unpaired) electrons. The standard InChI is InChI=1S/C11H15NO/c12-7-11(13)10-6-2-4-8-3-1-5-9(8)10/h2,4,6,11,13H,1,3,5,7,12H2/t11-/m1/s1. The molecule has 13 heavy (non-hydrogen) atoms. The number of rotatable bonds is 2. The maximum absolute atomic E-state index is 9.67. The van der Waals surface area contributed by atoms with Gasteiger partial charge < -0.3 is 10.8 Å². The molecule has 0 saturated carbocycles. The van der Waals surface area contributed by atoms with Crippen LogP contribution in [0.5, 0.6) is 0 Å². The van der Waals surface area contributed by atoms with E-state index in [0.29, 0.717) is 6.54 Å². The highest BCUT2D eigenvalue weighted by Gasteiger charge is 2.17. The van der Waals surface area contributed by atoms with Crippen LogP contribution in [0.1, 0.15) is 29.2 Å². The van der Waals surface area contributed by atoms with Crippen LogP contribution < -0.4 is 5.73 Å². The highest BCUT2D eigenvalue weighted by Crippen LogP contribution is 2.28. The average molecular weight is 177 g/mol. The van der Waals surface area contributed by atoms with Gasteiger partial charge in [0.1, 0.15) is 0 Å². The molecule has 0 aromatic heterocycles. The predicted octanol–water partition coefficient (Wildman–Crippen LogP) is 1.17. The predicted molar refractivity (Wildman–Crippen MR) is 52.5 cm³/mol. The van der Waals surface area contributed by atoms with Crippen LogP contribution in [0.25, 0.3) is 0 Å². The first-order chi connectivity index (χ1) is 6.33. The second-order valence-corrected chi connectivity index (χ2v) is 3.59. The van der Waals surface area contributed by atoms with Crippen LogP contribution in [0.15, 0.2) is 18.2 Å². The van der Waals surface area contributed by atoms with Gasteiger partial charge in [-0.2, -0.15) is 0 Å². The number of aryl methyl sites for hydroxylation is 1. The summed E-state index contributed by atoms with van der Waals surface area (Å²) < 4.78 is 0. The Bertz CT molecular complexity index is 309. The van der Waals surface area contributed by atoms with Crippen LogP contribution in [0, 0.1) is 0 Å². The smallest absolute Gasteiger partial charge is 0.0914 e. The summed E-state index contributed by atoms with van der Waals surface area (Å²) in [6.07, 6.45) is 2.99. The van der Waals surface area contributed by atoms with Crippen molar-refractivity contribution in [2.24, 2.45) is 5.73 Å². The van der Waals surface area contributed by atoms with Crippen molar-refractivity contribution in [2.45, 2.75) is 25.4 Å². The molecular formula is C11H15NO. The minimum Gasteiger partial charge on any atom is -0.387 e. The second kappa shape index (κ2) is 3.48. The van der Waals surface area contributed by atoms with E-state index < -0.39 is 6.10 Å². The van der Waals surface area contributed by atoms with Crippen molar-refractivity contribution in [3.63, 3.8) is 0 Å². The monoisotopic (exact) mass is 177 g/mol. The lowest BCUT2D eigenvalue weighted by atomic mass is 9.99. The maximum atomic E-state index is 9.67. The van der Waals surface area contributed by atoms with Crippen molar-refractivity contribution in [2.75, 3.05) is 6.54 Å². The zero-order chi connectivity index (χ0) is 9.26. The van der Waals surface area contributed by atoms with Gasteiger partial charge in [0.2, 0.25) is 0 Å². The van der Waals surface area contributed by atoms with E-state index in [1.54, 1.807) is 0 Å². The van der Waals surface area contributed by atoms with Gasteiger partial charge in [0.15, 0.2) is 0 Å². The fourth-order valence-corrected chi connectivity index (χ4v) is 2.09. The van der Waals surface area contributed by atoms with Crippen molar-refractivity contribution < 1.29 is 5.11 Å². The minimum absolute atomic E-state index is 0.316. The van der Waals surface area contributed by atoms with E-state index in [2.05, 4.69) is 6.07 Å². The number of hydrogen-bond acceptors (Lipinski definition) is 2. The molecule has 0 saturated heterocycles. The Labute approximate surface area is 78.4 Å². The number of benzene rings is 1. The SMILES string of the molecule is NC[C@@H](O)c1cccc2c1CCC2. The van der Waals surface area contributed by atoms with E-state index in [9.17, 15) is 5.11 Å². The van der Waals surface area contributed by atoms with E-state index in [1.807, 2.05) is 12.1 Å². The third kappa shape index (κ3) is 1.47. The molecule has 0 bridgehead atoms. The largest absolute Gasteiger partial charge is 0.387 e. The van der Waals surface area contributed by atoms with Gasteiger partial charge in [0.05, 0.1) is 6.10 Å². The van der Waals surface area contributed by atoms with E-state index in [4.69, 9.17) is 5.73 Å². The lowest BCUT2D eigenvalue weighted by molar-refractivity contribution is 0.186. The van der Waals surface area contributed by atoms with Gasteiger partial charge in [0.25, 0.3) is 0 Å². The summed E-state index contributed by atoms with van der Waals surface area (Å²) in [7, 11) is 0. The summed E-state index contributed by atoms with van der Waals surface area (Å²) >= 11 is 0. The van der Waals surface area contributed by atoms with Gasteiger partial charge in [-0.1, -0.05) is 18.2 Å². The highest BCUT2D eigenvalue weighted by molar-refractivity contribution is 5.39. The highest BCUT2D eigenvalue weighted by atomic mass is 16.3. The van der Waals surface area contributed by atoms with Crippen LogP contribution in [0.4, 0.5) is 0 Å². The molecule has 0 amide bonds. The molecular weight excluding hydrogens is 162 g/mol. The summed E-state index contributed by atoms with van der Waals surface area (Å²) in [6.45, 7) is 0.316. The third-order valence-corrected chi connectivity index (χ3v) is 2.76. The molecule has 0 fully saturated rings. The Balaban J connectivity index is 2.41. The summed E-state index contributed by atoms with van der Waals surface area (Å²) in [5.41, 5.74) is 9.21. The molecule has 0 unspecified atom stereocenters. The Morgan fingerprint density at radius 3 is 3.00 bits per heavy atom. The van der Waals surface area contributed by atoms with E-state index in [1.165, 1.54) is 17.5 Å². The molecule has 1 atom stereocenters. The lowest BCUT2D eigenvalue weighted by Gasteiger charge is -2.12. The minimum atomic E-state index is -0.479. The van der Waals surface area contributed by atoms with E-state index in [-0.39, 0.29) is 0 Å². The first-order valence-corrected chi connectivity index (χ1v) is 4.81. The van der Waals surface area contributed by atoms with Gasteiger partial charge >= 0.3 is 0 Å². The molecule has 3 N–H and O–H groups in total. The van der Waals surface area contributed by atoms with E-state index >= 15 is 0 Å². The first-order valence-electron chi connectivity index (χ1n) is 4.81. The Morgan fingerprint density at radius 2 is 2.23 bits per heavy atom. The number of fused-ring (bicyclic) bond motifs is 1. The molecule has 0 spiro atoms. The van der Waals surface area contributed by atoms with Crippen LogP contribution >= 0.6 is 0 Å². The van der Waals surface area contributed by atoms with Crippen molar-refractivity contribution in [1.29, 1.82) is 0 Å². The van der Waals surface area contributed by atoms with Crippen LogP contribution in [0.3, 0.4) is 0 Å². The van der Waals surface area contributed by atoms with Crippen LogP contribution in [0.2, 0.25) is 0 Å². The molecule has 0 heterocycles. The number of hydrogen-bond donors (Lipinski definition) is 2. The van der Waals surface area contributed by atoms with Gasteiger partial charge in [0, 0.05) is 6.54 Å². The second-order valence-electron chi connectivity index (χ2n) is 3.59. The lowest BCUT2D eigenvalue weighted by Crippen LogP contribution is -2.13. The number of nitrogens with two attached hydrogens (primary N) is 1. The normalized spacial score (nSPS) is 17.1. The van der Waals surface area contributed by atoms with E-state index in [0.717, 1.165) is 18.4 Å². The van der Waals surface area contributed by atoms with Gasteiger partial charge in [-0.25, -0.2) is 0 Å². The topological polar surface area (TPSA) is 46.2 Å². The van der Waals surface area contributed by atoms with Gasteiger partial charge in [-0.05, 0) is 36.0 Å². The molecule has 1 aliphatic carbocycles. The van der Waals surface area contributed by atoms with Crippen molar-refractivity contribution >= 4 is 0 Å². The molecule has 2 nitrogen and oxygen atoms in total. The summed E-state index contributed by atoms with van der Waals surface area (Å²) in [6, 6.07) is 6.15. The average Bonchev–Trinajstić information content (AvgIpc) is 2.63. The Kier molecular flexibility index (Phi) is 2.34. The number of aliphatic hydroxyl groups excluding tert-OH is 1. The van der Waals surface area contributed by atoms with Crippen molar-refractivity contribution in [3.8, 4) is 0 Å². The zero-order valence-corrected chi connectivity index (χ0v) is 7.66. The molecule has 70 valence electrons. The van der Waals surface area contributed by atoms with Crippen LogP contribution in [-0.2, 0) is 12.8 Å². The number of aliphatic hydroxyl groups is 1. The third-order valence-electron chi connectivity index (χ3n) is 2.76. The molecule has 2 heteroatoms. The first kappa shape index (κ1) is 8.73. The van der Waals surface area contributed by atoms with Gasteiger partial charge in [-0.3, -0.25) is 0 Å². The molecule has 1 aliphatic rings. The summed E-state index contributed by atoms with van der Waals surface area (Å²) in [4.78, 5) is 0. The van der Waals surface area contributed by atoms with Gasteiger partial charge in [-0.15, -0.1) is 0 Å².